The van der Waals surface area contributed by atoms with Crippen LogP contribution in [0.2, 0.25) is 0 Å². The maximum atomic E-state index is 11.4. The highest BCUT2D eigenvalue weighted by Gasteiger charge is 2.18. The zero-order chi connectivity index (χ0) is 12.3. The Hall–Kier alpha value is -1.23. The zero-order valence-corrected chi connectivity index (χ0v) is 10.9. The van der Waals surface area contributed by atoms with Gasteiger partial charge in [-0.05, 0) is 12.1 Å². The molecule has 1 unspecified atom stereocenters. The minimum Gasteiger partial charge on any atom is -0.465 e. The third-order valence-corrected chi connectivity index (χ3v) is 3.87. The molecule has 1 aliphatic rings. The van der Waals surface area contributed by atoms with Gasteiger partial charge in [-0.1, -0.05) is 6.92 Å². The highest BCUT2D eigenvalue weighted by molar-refractivity contribution is 8.00. The normalized spacial score (nSPS) is 20.1. The van der Waals surface area contributed by atoms with E-state index in [2.05, 4.69) is 16.8 Å². The first kappa shape index (κ1) is 12.2. The van der Waals surface area contributed by atoms with Gasteiger partial charge in [-0.2, -0.15) is 11.8 Å². The summed E-state index contributed by atoms with van der Waals surface area (Å²) < 4.78 is 4.71. The number of anilines is 1. The van der Waals surface area contributed by atoms with Crippen molar-refractivity contribution in [3.05, 3.63) is 23.9 Å². The zero-order valence-electron chi connectivity index (χ0n) is 10.0. The fraction of sp³-hybridized carbons (Fsp3) is 0.500. The fourth-order valence-corrected chi connectivity index (χ4v) is 2.88. The van der Waals surface area contributed by atoms with Crippen molar-refractivity contribution in [2.24, 2.45) is 0 Å². The molecule has 5 heteroatoms. The first-order valence-electron chi connectivity index (χ1n) is 5.61. The molecule has 2 heterocycles. The van der Waals surface area contributed by atoms with Gasteiger partial charge in [0.25, 0.3) is 0 Å². The monoisotopic (exact) mass is 252 g/mol. The second kappa shape index (κ2) is 5.40. The Morgan fingerprint density at radius 1 is 1.65 bits per heavy atom. The lowest BCUT2D eigenvalue weighted by Gasteiger charge is -2.31. The molecule has 1 atom stereocenters. The van der Waals surface area contributed by atoms with Gasteiger partial charge in [-0.3, -0.25) is 0 Å². The minimum atomic E-state index is -0.312. The molecule has 17 heavy (non-hydrogen) atoms. The van der Waals surface area contributed by atoms with Gasteiger partial charge in [0.1, 0.15) is 5.82 Å². The molecule has 1 fully saturated rings. The van der Waals surface area contributed by atoms with E-state index in [4.69, 9.17) is 4.74 Å². The van der Waals surface area contributed by atoms with E-state index in [1.165, 1.54) is 7.11 Å². The maximum Gasteiger partial charge on any atom is 0.338 e. The van der Waals surface area contributed by atoms with E-state index < -0.39 is 0 Å². The summed E-state index contributed by atoms with van der Waals surface area (Å²) in [4.78, 5) is 18.0. The van der Waals surface area contributed by atoms with E-state index in [0.717, 1.165) is 24.7 Å². The molecule has 0 aromatic carbocycles. The summed E-state index contributed by atoms with van der Waals surface area (Å²) in [5.41, 5.74) is 0.559. The molecule has 0 amide bonds. The van der Waals surface area contributed by atoms with Crippen LogP contribution >= 0.6 is 11.8 Å². The van der Waals surface area contributed by atoms with Crippen LogP contribution in [0.5, 0.6) is 0 Å². The maximum absolute atomic E-state index is 11.4. The quantitative estimate of drug-likeness (QED) is 0.751. The number of pyridine rings is 1. The van der Waals surface area contributed by atoms with Crippen LogP contribution in [0.3, 0.4) is 0 Å². The SMILES string of the molecule is COC(=O)c1ccnc(N2CCSC(C)C2)c1. The van der Waals surface area contributed by atoms with Gasteiger partial charge in [0.2, 0.25) is 0 Å². The molecule has 1 aromatic heterocycles. The molecule has 1 saturated heterocycles. The predicted molar refractivity (Wildman–Crippen MR) is 69.7 cm³/mol. The van der Waals surface area contributed by atoms with Crippen molar-refractivity contribution in [1.29, 1.82) is 0 Å². The van der Waals surface area contributed by atoms with Crippen molar-refractivity contribution in [3.63, 3.8) is 0 Å². The Balaban J connectivity index is 2.17. The Bertz CT molecular complexity index is 411. The topological polar surface area (TPSA) is 42.4 Å². The molecule has 4 nitrogen and oxygen atoms in total. The Labute approximate surface area is 105 Å². The number of thioether (sulfide) groups is 1. The number of ether oxygens (including phenoxy) is 1. The number of aromatic nitrogens is 1. The number of carbonyl (C=O) groups excluding carboxylic acids is 1. The van der Waals surface area contributed by atoms with Gasteiger partial charge >= 0.3 is 5.97 Å². The van der Waals surface area contributed by atoms with Crippen LogP contribution in [0.1, 0.15) is 17.3 Å². The lowest BCUT2D eigenvalue weighted by molar-refractivity contribution is 0.0600. The summed E-state index contributed by atoms with van der Waals surface area (Å²) in [6.07, 6.45) is 1.66. The molecule has 0 bridgehead atoms. The van der Waals surface area contributed by atoms with Crippen molar-refractivity contribution in [2.75, 3.05) is 30.9 Å². The largest absolute Gasteiger partial charge is 0.465 e. The Morgan fingerprint density at radius 2 is 2.47 bits per heavy atom. The van der Waals surface area contributed by atoms with Crippen LogP contribution in [0, 0.1) is 0 Å². The molecular formula is C12H16N2O2S. The molecule has 92 valence electrons. The average molecular weight is 252 g/mol. The Kier molecular flexibility index (Phi) is 3.89. The van der Waals surface area contributed by atoms with Gasteiger partial charge in [0, 0.05) is 30.3 Å². The molecule has 2 rings (SSSR count). The fourth-order valence-electron chi connectivity index (χ4n) is 1.86. The average Bonchev–Trinajstić information content (AvgIpc) is 2.38. The predicted octanol–water partition coefficient (Wildman–Crippen LogP) is 1.81. The number of esters is 1. The molecule has 0 radical (unpaired) electrons. The number of carbonyl (C=O) groups is 1. The molecular weight excluding hydrogens is 236 g/mol. The van der Waals surface area contributed by atoms with Crippen molar-refractivity contribution >= 4 is 23.5 Å². The summed E-state index contributed by atoms with van der Waals surface area (Å²) in [5, 5.41) is 0.604. The van der Waals surface area contributed by atoms with Crippen LogP contribution in [0.15, 0.2) is 18.3 Å². The van der Waals surface area contributed by atoms with Crippen LogP contribution < -0.4 is 4.90 Å². The second-order valence-electron chi connectivity index (χ2n) is 4.02. The third kappa shape index (κ3) is 2.91. The number of nitrogens with zero attached hydrogens (tertiary/aromatic N) is 2. The van der Waals surface area contributed by atoms with Gasteiger partial charge < -0.3 is 9.64 Å². The minimum absolute atomic E-state index is 0.312. The highest BCUT2D eigenvalue weighted by atomic mass is 32.2. The number of hydrogen-bond donors (Lipinski definition) is 0. The van der Waals surface area contributed by atoms with Crippen LogP contribution in [0.4, 0.5) is 5.82 Å². The van der Waals surface area contributed by atoms with E-state index >= 15 is 0 Å². The van der Waals surface area contributed by atoms with E-state index in [1.54, 1.807) is 18.3 Å². The number of hydrogen-bond acceptors (Lipinski definition) is 5. The van der Waals surface area contributed by atoms with Crippen LogP contribution in [0.25, 0.3) is 0 Å². The highest BCUT2D eigenvalue weighted by Crippen LogP contribution is 2.22. The van der Waals surface area contributed by atoms with Gasteiger partial charge in [-0.25, -0.2) is 9.78 Å². The first-order chi connectivity index (χ1) is 8.20. The van der Waals surface area contributed by atoms with Crippen molar-refractivity contribution < 1.29 is 9.53 Å². The summed E-state index contributed by atoms with van der Waals surface area (Å²) in [7, 11) is 1.39. The molecule has 1 aliphatic heterocycles. The summed E-state index contributed by atoms with van der Waals surface area (Å²) >= 11 is 1.97. The third-order valence-electron chi connectivity index (χ3n) is 2.73. The van der Waals surface area contributed by atoms with Gasteiger partial charge in [0.05, 0.1) is 12.7 Å². The summed E-state index contributed by atoms with van der Waals surface area (Å²) in [5.74, 6) is 1.65. The van der Waals surface area contributed by atoms with Crippen molar-refractivity contribution in [3.8, 4) is 0 Å². The standard InChI is InChI=1S/C12H16N2O2S/c1-9-8-14(5-6-17-9)11-7-10(3-4-13-11)12(15)16-2/h3-4,7,9H,5-6,8H2,1-2H3. The van der Waals surface area contributed by atoms with Gasteiger partial charge in [0.15, 0.2) is 0 Å². The van der Waals surface area contributed by atoms with Crippen LogP contribution in [-0.2, 0) is 4.74 Å². The van der Waals surface area contributed by atoms with Gasteiger partial charge in [-0.15, -0.1) is 0 Å². The second-order valence-corrected chi connectivity index (χ2v) is 5.57. The lowest BCUT2D eigenvalue weighted by atomic mass is 10.2. The van der Waals surface area contributed by atoms with E-state index in [1.807, 2.05) is 11.8 Å². The molecule has 1 aromatic rings. The van der Waals surface area contributed by atoms with Crippen molar-refractivity contribution in [2.45, 2.75) is 12.2 Å². The van der Waals surface area contributed by atoms with E-state index in [-0.39, 0.29) is 5.97 Å². The molecule has 0 spiro atoms. The summed E-state index contributed by atoms with van der Waals surface area (Å²) in [6.45, 7) is 4.16. The molecule has 0 saturated carbocycles. The smallest absolute Gasteiger partial charge is 0.338 e. The molecule has 0 N–H and O–H groups in total. The summed E-state index contributed by atoms with van der Waals surface area (Å²) in [6, 6.07) is 3.48. The lowest BCUT2D eigenvalue weighted by Crippen LogP contribution is -2.37. The Morgan fingerprint density at radius 3 is 3.18 bits per heavy atom. The van der Waals surface area contributed by atoms with Crippen LogP contribution in [-0.4, -0.2) is 42.2 Å². The first-order valence-corrected chi connectivity index (χ1v) is 6.66. The van der Waals surface area contributed by atoms with E-state index in [0.29, 0.717) is 10.8 Å². The number of rotatable bonds is 2. The van der Waals surface area contributed by atoms with E-state index in [9.17, 15) is 4.79 Å². The number of methoxy groups -OCH3 is 1. The molecule has 0 aliphatic carbocycles. The van der Waals surface area contributed by atoms with Crippen molar-refractivity contribution in [1.82, 2.24) is 4.98 Å².